The molecule has 7 heteroatoms. The minimum absolute atomic E-state index is 0.0111. The lowest BCUT2D eigenvalue weighted by Gasteiger charge is -2.27. The summed E-state index contributed by atoms with van der Waals surface area (Å²) in [6.45, 7) is -0.275. The molecule has 0 radical (unpaired) electrons. The summed E-state index contributed by atoms with van der Waals surface area (Å²) in [7, 11) is 0. The number of carboxylic acid groups (broad SMARTS) is 1. The molecule has 0 aromatic rings. The van der Waals surface area contributed by atoms with Crippen molar-refractivity contribution in [2.24, 2.45) is 11.8 Å². The zero-order valence-electron chi connectivity index (χ0n) is 9.20. The first-order chi connectivity index (χ1) is 8.43. The molecule has 0 saturated heterocycles. The molecule has 0 spiro atoms. The molecule has 1 rings (SSSR count). The highest BCUT2D eigenvalue weighted by molar-refractivity contribution is 6.59. The fourth-order valence-electron chi connectivity index (χ4n) is 1.63. The molecule has 4 nitrogen and oxygen atoms in total. The van der Waals surface area contributed by atoms with Crippen LogP contribution < -0.4 is 5.11 Å². The maximum atomic E-state index is 11.7. The van der Waals surface area contributed by atoms with Gasteiger partial charge in [0.1, 0.15) is 11.1 Å². The smallest absolute Gasteiger partial charge is 0.310 e. The third-order valence-electron chi connectivity index (χ3n) is 2.58. The number of carbonyl (C=O) groups is 2. The maximum absolute atomic E-state index is 11.7. The van der Waals surface area contributed by atoms with Crippen LogP contribution in [0.5, 0.6) is 0 Å². The summed E-state index contributed by atoms with van der Waals surface area (Å²) in [5, 5.41) is 10.9. The number of halogens is 3. The third-order valence-corrected chi connectivity index (χ3v) is 3.53. The van der Waals surface area contributed by atoms with E-state index in [-0.39, 0.29) is 22.6 Å². The number of ether oxygens (including phenoxy) is 1. The van der Waals surface area contributed by atoms with Crippen LogP contribution in [-0.2, 0) is 14.3 Å². The van der Waals surface area contributed by atoms with Crippen molar-refractivity contribution in [1.29, 1.82) is 0 Å². The third kappa shape index (κ3) is 4.19. The van der Waals surface area contributed by atoms with E-state index in [1.165, 1.54) is 0 Å². The standard InChI is InChI=1S/C11H11Cl3O4/c12-8(9(13)14)5-18-11(17)7-4-2-1-3-6(7)10(15)16/h1-2,6-7H,3-5H2,(H,15,16)/p-1/t6-,7-/m1/s1. The lowest BCUT2D eigenvalue weighted by atomic mass is 9.83. The van der Waals surface area contributed by atoms with Crippen LogP contribution in [0, 0.1) is 11.8 Å². The van der Waals surface area contributed by atoms with Gasteiger partial charge in [-0.25, -0.2) is 0 Å². The van der Waals surface area contributed by atoms with Crippen LogP contribution in [-0.4, -0.2) is 18.5 Å². The van der Waals surface area contributed by atoms with E-state index in [2.05, 4.69) is 0 Å². The van der Waals surface area contributed by atoms with E-state index in [4.69, 9.17) is 39.5 Å². The highest BCUT2D eigenvalue weighted by Crippen LogP contribution is 2.27. The van der Waals surface area contributed by atoms with Gasteiger partial charge in [-0.3, -0.25) is 4.79 Å². The highest BCUT2D eigenvalue weighted by atomic mass is 35.5. The molecule has 0 unspecified atom stereocenters. The number of carboxylic acids is 1. The minimum Gasteiger partial charge on any atom is -0.550 e. The van der Waals surface area contributed by atoms with Gasteiger partial charge in [-0.05, 0) is 12.8 Å². The fraction of sp³-hybridized carbons (Fsp3) is 0.455. The molecular weight excluding hydrogens is 302 g/mol. The number of rotatable bonds is 4. The van der Waals surface area contributed by atoms with Crippen LogP contribution in [0.3, 0.4) is 0 Å². The van der Waals surface area contributed by atoms with Gasteiger partial charge in [-0.15, -0.1) is 0 Å². The quantitative estimate of drug-likeness (QED) is 0.586. The van der Waals surface area contributed by atoms with E-state index in [1.54, 1.807) is 12.2 Å². The number of allylic oxidation sites excluding steroid dienone is 2. The van der Waals surface area contributed by atoms with E-state index < -0.39 is 23.8 Å². The predicted octanol–water partition coefficient (Wildman–Crippen LogP) is 1.75. The number of carbonyl (C=O) groups excluding carboxylic acids is 2. The monoisotopic (exact) mass is 311 g/mol. The topological polar surface area (TPSA) is 66.4 Å². The van der Waals surface area contributed by atoms with E-state index in [0.29, 0.717) is 6.42 Å². The number of esters is 1. The minimum atomic E-state index is -1.27. The maximum Gasteiger partial charge on any atom is 0.310 e. The first-order valence-electron chi connectivity index (χ1n) is 5.15. The van der Waals surface area contributed by atoms with Gasteiger partial charge in [-0.1, -0.05) is 47.0 Å². The van der Waals surface area contributed by atoms with Crippen molar-refractivity contribution in [3.8, 4) is 0 Å². The van der Waals surface area contributed by atoms with E-state index in [1.807, 2.05) is 0 Å². The van der Waals surface area contributed by atoms with Crippen LogP contribution in [0.2, 0.25) is 0 Å². The van der Waals surface area contributed by atoms with Crippen molar-refractivity contribution in [3.05, 3.63) is 21.7 Å². The van der Waals surface area contributed by atoms with Crippen LogP contribution >= 0.6 is 34.8 Å². The number of hydrogen-bond donors (Lipinski definition) is 0. The van der Waals surface area contributed by atoms with E-state index in [0.717, 1.165) is 0 Å². The van der Waals surface area contributed by atoms with Crippen LogP contribution in [0.1, 0.15) is 12.8 Å². The summed E-state index contributed by atoms with van der Waals surface area (Å²) in [6, 6.07) is 0. The van der Waals surface area contributed by atoms with Gasteiger partial charge in [0.25, 0.3) is 0 Å². The molecule has 0 saturated carbocycles. The first-order valence-corrected chi connectivity index (χ1v) is 6.29. The predicted molar refractivity (Wildman–Crippen MR) is 65.9 cm³/mol. The molecule has 0 N–H and O–H groups in total. The van der Waals surface area contributed by atoms with Crippen molar-refractivity contribution in [1.82, 2.24) is 0 Å². The van der Waals surface area contributed by atoms with Crippen molar-refractivity contribution >= 4 is 46.7 Å². The fourth-order valence-corrected chi connectivity index (χ4v) is 1.79. The Morgan fingerprint density at radius 3 is 2.22 bits per heavy atom. The SMILES string of the molecule is O=C([O-])[C@@H]1CC=CC[C@H]1C(=O)OCC(Cl)=C(Cl)Cl. The van der Waals surface area contributed by atoms with Crippen molar-refractivity contribution in [2.75, 3.05) is 6.61 Å². The molecule has 0 aliphatic heterocycles. The van der Waals surface area contributed by atoms with Gasteiger partial charge in [0.15, 0.2) is 0 Å². The van der Waals surface area contributed by atoms with Gasteiger partial charge in [-0.2, -0.15) is 0 Å². The molecule has 0 aromatic carbocycles. The average molecular weight is 313 g/mol. The summed E-state index contributed by atoms with van der Waals surface area (Å²) < 4.78 is 4.67. The zero-order chi connectivity index (χ0) is 13.7. The summed E-state index contributed by atoms with van der Waals surface area (Å²) >= 11 is 16.4. The molecule has 100 valence electrons. The second-order valence-corrected chi connectivity index (χ2v) is 5.15. The highest BCUT2D eigenvalue weighted by Gasteiger charge is 2.31. The van der Waals surface area contributed by atoms with E-state index in [9.17, 15) is 14.7 Å². The molecule has 1 aliphatic rings. The Bertz CT molecular complexity index is 399. The van der Waals surface area contributed by atoms with Gasteiger partial charge >= 0.3 is 5.97 Å². The van der Waals surface area contributed by atoms with Crippen molar-refractivity contribution in [2.45, 2.75) is 12.8 Å². The summed E-state index contributed by atoms with van der Waals surface area (Å²) in [5.74, 6) is -3.56. The average Bonchev–Trinajstić information content (AvgIpc) is 2.35. The lowest BCUT2D eigenvalue weighted by molar-refractivity contribution is -0.313. The number of hydrogen-bond acceptors (Lipinski definition) is 4. The first kappa shape index (κ1) is 15.3. The molecule has 18 heavy (non-hydrogen) atoms. The Kier molecular flexibility index (Phi) is 5.99. The molecular formula is C11H10Cl3O4-. The van der Waals surface area contributed by atoms with Crippen LogP contribution in [0.4, 0.5) is 0 Å². The normalized spacial score (nSPS) is 22.4. The van der Waals surface area contributed by atoms with Crippen LogP contribution in [0.25, 0.3) is 0 Å². The van der Waals surface area contributed by atoms with E-state index >= 15 is 0 Å². The van der Waals surface area contributed by atoms with Crippen molar-refractivity contribution < 1.29 is 19.4 Å². The van der Waals surface area contributed by atoms with Gasteiger partial charge in [0.05, 0.1) is 11.0 Å². The number of aliphatic carboxylic acids is 1. The molecule has 0 aromatic heterocycles. The van der Waals surface area contributed by atoms with Gasteiger partial charge in [0.2, 0.25) is 0 Å². The summed E-state index contributed by atoms with van der Waals surface area (Å²) in [4.78, 5) is 22.6. The molecule has 0 amide bonds. The van der Waals surface area contributed by atoms with Crippen molar-refractivity contribution in [3.63, 3.8) is 0 Å². The molecule has 2 atom stereocenters. The van der Waals surface area contributed by atoms with Gasteiger partial charge < -0.3 is 14.6 Å². The second kappa shape index (κ2) is 7.02. The Labute approximate surface area is 119 Å². The molecule has 0 heterocycles. The summed E-state index contributed by atoms with van der Waals surface area (Å²) in [6.07, 6.45) is 3.99. The molecule has 0 fully saturated rings. The molecule has 0 bridgehead atoms. The largest absolute Gasteiger partial charge is 0.550 e. The second-order valence-electron chi connectivity index (χ2n) is 3.75. The Morgan fingerprint density at radius 2 is 1.72 bits per heavy atom. The Morgan fingerprint density at radius 1 is 1.17 bits per heavy atom. The Balaban J connectivity index is 2.63. The Hall–Kier alpha value is -0.710. The zero-order valence-corrected chi connectivity index (χ0v) is 11.5. The van der Waals surface area contributed by atoms with Gasteiger partial charge in [0, 0.05) is 11.9 Å². The summed E-state index contributed by atoms with van der Waals surface area (Å²) in [5.41, 5.74) is 0. The molecule has 1 aliphatic carbocycles. The van der Waals surface area contributed by atoms with Crippen LogP contribution in [0.15, 0.2) is 21.7 Å². The lowest BCUT2D eigenvalue weighted by Crippen LogP contribution is -2.40.